The van der Waals surface area contributed by atoms with Gasteiger partial charge in [-0.25, -0.2) is 0 Å². The molecule has 0 unspecified atom stereocenters. The number of rotatable bonds is 4. The van der Waals surface area contributed by atoms with Crippen molar-refractivity contribution in [1.82, 2.24) is 9.13 Å². The summed E-state index contributed by atoms with van der Waals surface area (Å²) in [7, 11) is 0. The van der Waals surface area contributed by atoms with Gasteiger partial charge in [0, 0.05) is 43.7 Å². The summed E-state index contributed by atoms with van der Waals surface area (Å²) >= 11 is 0. The topological polar surface area (TPSA) is 23.0 Å². The van der Waals surface area contributed by atoms with Crippen LogP contribution in [-0.4, -0.2) is 9.13 Å². The molecule has 3 nitrogen and oxygen atoms in total. The lowest BCUT2D eigenvalue weighted by molar-refractivity contribution is 0.669. The van der Waals surface area contributed by atoms with Crippen LogP contribution in [0.15, 0.2) is 180 Å². The molecule has 11 rings (SSSR count). The Balaban J connectivity index is 1.07. The Morgan fingerprint density at radius 2 is 0.827 bits per heavy atom. The molecule has 0 aliphatic heterocycles. The summed E-state index contributed by atoms with van der Waals surface area (Å²) in [5.74, 6) is 0. The average molecular weight is 665 g/mol. The van der Waals surface area contributed by atoms with Gasteiger partial charge in [0.15, 0.2) is 0 Å². The molecular weight excluding hydrogens is 633 g/mol. The molecule has 8 aromatic carbocycles. The SMILES string of the molecule is Cc1cc(-c2ccc3oc4ccccc4c3c2)cc(-n2c3ccccc3c3cc(-c4ccc5c(c4)c4ccccc4n5-c4ccccc4)ccc32)c1. The van der Waals surface area contributed by atoms with Crippen LogP contribution in [0.3, 0.4) is 0 Å². The van der Waals surface area contributed by atoms with Crippen LogP contribution in [0.5, 0.6) is 0 Å². The fourth-order valence-electron chi connectivity index (χ4n) is 8.40. The van der Waals surface area contributed by atoms with Crippen LogP contribution >= 0.6 is 0 Å². The molecule has 0 saturated carbocycles. The van der Waals surface area contributed by atoms with Gasteiger partial charge < -0.3 is 13.6 Å². The third-order valence-electron chi connectivity index (χ3n) is 10.7. The Labute approximate surface area is 300 Å². The third-order valence-corrected chi connectivity index (χ3v) is 10.7. The maximum atomic E-state index is 6.14. The first-order chi connectivity index (χ1) is 25.7. The lowest BCUT2D eigenvalue weighted by Gasteiger charge is -2.13. The van der Waals surface area contributed by atoms with Crippen LogP contribution < -0.4 is 0 Å². The predicted octanol–water partition coefficient (Wildman–Crippen LogP) is 13.4. The Bertz CT molecular complexity index is 3190. The zero-order valence-electron chi connectivity index (χ0n) is 28.5. The van der Waals surface area contributed by atoms with Crippen molar-refractivity contribution < 1.29 is 4.42 Å². The van der Waals surface area contributed by atoms with Crippen molar-refractivity contribution in [3.63, 3.8) is 0 Å². The van der Waals surface area contributed by atoms with E-state index in [2.05, 4.69) is 180 Å². The molecule has 3 heteroatoms. The van der Waals surface area contributed by atoms with E-state index in [0.717, 1.165) is 27.6 Å². The van der Waals surface area contributed by atoms with E-state index in [0.29, 0.717) is 0 Å². The first-order valence-electron chi connectivity index (χ1n) is 17.8. The largest absolute Gasteiger partial charge is 0.456 e. The quantitative estimate of drug-likeness (QED) is 0.184. The monoisotopic (exact) mass is 664 g/mol. The lowest BCUT2D eigenvalue weighted by atomic mass is 10.00. The summed E-state index contributed by atoms with van der Waals surface area (Å²) in [5, 5.41) is 7.30. The number of hydrogen-bond donors (Lipinski definition) is 0. The minimum absolute atomic E-state index is 0.914. The molecule has 0 fully saturated rings. The standard InChI is InChI=1S/C49H32N2O/c1-31-25-35(34-21-24-49-43(30-34)40-15-7-10-18-48(40)52-49)27-37(26-31)51-45-17-9-6-14-39(45)42-29-33(20-23-47(42)51)32-19-22-46-41(28-32)38-13-5-8-16-44(38)50(46)36-11-3-2-4-12-36/h2-30H,1H3. The molecule has 0 radical (unpaired) electrons. The number of benzene rings is 8. The van der Waals surface area contributed by atoms with Gasteiger partial charge in [0.1, 0.15) is 11.2 Å². The molecular formula is C49H32N2O. The number of para-hydroxylation sites is 4. The van der Waals surface area contributed by atoms with E-state index in [1.807, 2.05) is 12.1 Å². The van der Waals surface area contributed by atoms with Crippen LogP contribution in [0, 0.1) is 6.92 Å². The first kappa shape index (κ1) is 28.9. The van der Waals surface area contributed by atoms with Crippen molar-refractivity contribution in [1.29, 1.82) is 0 Å². The predicted molar refractivity (Wildman–Crippen MR) is 218 cm³/mol. The van der Waals surface area contributed by atoms with Crippen molar-refractivity contribution in [2.45, 2.75) is 6.92 Å². The molecule has 3 heterocycles. The van der Waals surface area contributed by atoms with Gasteiger partial charge in [-0.15, -0.1) is 0 Å². The van der Waals surface area contributed by atoms with Gasteiger partial charge in [-0.3, -0.25) is 0 Å². The molecule has 11 aromatic rings. The van der Waals surface area contributed by atoms with Crippen LogP contribution in [0.1, 0.15) is 5.56 Å². The van der Waals surface area contributed by atoms with E-state index in [1.165, 1.54) is 77.1 Å². The van der Waals surface area contributed by atoms with Crippen molar-refractivity contribution in [3.05, 3.63) is 181 Å². The zero-order chi connectivity index (χ0) is 34.3. The highest BCUT2D eigenvalue weighted by atomic mass is 16.3. The smallest absolute Gasteiger partial charge is 0.135 e. The van der Waals surface area contributed by atoms with Crippen molar-refractivity contribution >= 4 is 65.6 Å². The number of aryl methyl sites for hydroxylation is 1. The highest BCUT2D eigenvalue weighted by molar-refractivity contribution is 6.13. The minimum atomic E-state index is 0.914. The van der Waals surface area contributed by atoms with Crippen LogP contribution in [0.25, 0.3) is 99.2 Å². The molecule has 52 heavy (non-hydrogen) atoms. The molecule has 0 amide bonds. The van der Waals surface area contributed by atoms with Gasteiger partial charge in [-0.05, 0) is 114 Å². The number of furan rings is 1. The van der Waals surface area contributed by atoms with Crippen molar-refractivity contribution in [2.75, 3.05) is 0 Å². The van der Waals surface area contributed by atoms with Crippen LogP contribution in [0.4, 0.5) is 0 Å². The molecule has 0 atom stereocenters. The summed E-state index contributed by atoms with van der Waals surface area (Å²) in [6.07, 6.45) is 0. The first-order valence-corrected chi connectivity index (χ1v) is 17.8. The summed E-state index contributed by atoms with van der Waals surface area (Å²) in [4.78, 5) is 0. The number of aromatic nitrogens is 2. The summed E-state index contributed by atoms with van der Waals surface area (Å²) in [5.41, 5.74) is 15.0. The molecule has 3 aromatic heterocycles. The second kappa shape index (κ2) is 11.1. The highest BCUT2D eigenvalue weighted by Gasteiger charge is 2.17. The maximum Gasteiger partial charge on any atom is 0.135 e. The van der Waals surface area contributed by atoms with Gasteiger partial charge in [0.2, 0.25) is 0 Å². The van der Waals surface area contributed by atoms with E-state index in [9.17, 15) is 0 Å². The Hall–Kier alpha value is -6.84. The zero-order valence-corrected chi connectivity index (χ0v) is 28.5. The molecule has 0 aliphatic carbocycles. The number of hydrogen-bond acceptors (Lipinski definition) is 1. The summed E-state index contributed by atoms with van der Waals surface area (Å²) < 4.78 is 10.9. The van der Waals surface area contributed by atoms with E-state index in [-0.39, 0.29) is 0 Å². The van der Waals surface area contributed by atoms with E-state index in [1.54, 1.807) is 0 Å². The Morgan fingerprint density at radius 3 is 1.52 bits per heavy atom. The van der Waals surface area contributed by atoms with E-state index < -0.39 is 0 Å². The Morgan fingerprint density at radius 1 is 0.327 bits per heavy atom. The summed E-state index contributed by atoms with van der Waals surface area (Å²) in [6.45, 7) is 2.19. The maximum absolute atomic E-state index is 6.14. The van der Waals surface area contributed by atoms with Crippen molar-refractivity contribution in [3.8, 4) is 33.6 Å². The molecule has 0 saturated heterocycles. The van der Waals surface area contributed by atoms with Gasteiger partial charge in [0.25, 0.3) is 0 Å². The normalized spacial score (nSPS) is 11.9. The number of nitrogens with zero attached hydrogens (tertiary/aromatic N) is 2. The van der Waals surface area contributed by atoms with Gasteiger partial charge >= 0.3 is 0 Å². The van der Waals surface area contributed by atoms with Crippen molar-refractivity contribution in [2.24, 2.45) is 0 Å². The fraction of sp³-hybridized carbons (Fsp3) is 0.0204. The third kappa shape index (κ3) is 4.33. The van der Waals surface area contributed by atoms with Gasteiger partial charge in [-0.1, -0.05) is 97.1 Å². The fourth-order valence-corrected chi connectivity index (χ4v) is 8.40. The van der Waals surface area contributed by atoms with Crippen LogP contribution in [0.2, 0.25) is 0 Å². The van der Waals surface area contributed by atoms with E-state index >= 15 is 0 Å². The molecule has 244 valence electrons. The average Bonchev–Trinajstić information content (AvgIpc) is 3.85. The molecule has 0 N–H and O–H groups in total. The van der Waals surface area contributed by atoms with Gasteiger partial charge in [0.05, 0.1) is 22.1 Å². The molecule has 0 bridgehead atoms. The second-order valence-corrected chi connectivity index (χ2v) is 13.9. The summed E-state index contributed by atoms with van der Waals surface area (Å²) in [6, 6.07) is 63.8. The number of fused-ring (bicyclic) bond motifs is 9. The van der Waals surface area contributed by atoms with Gasteiger partial charge in [-0.2, -0.15) is 0 Å². The lowest BCUT2D eigenvalue weighted by Crippen LogP contribution is -1.95. The highest BCUT2D eigenvalue weighted by Crippen LogP contribution is 2.39. The molecule has 0 spiro atoms. The minimum Gasteiger partial charge on any atom is -0.456 e. The Kier molecular flexibility index (Phi) is 6.17. The second-order valence-electron chi connectivity index (χ2n) is 13.9. The van der Waals surface area contributed by atoms with E-state index in [4.69, 9.17) is 4.42 Å². The molecule has 0 aliphatic rings. The van der Waals surface area contributed by atoms with Crippen LogP contribution in [-0.2, 0) is 0 Å².